The highest BCUT2D eigenvalue weighted by Gasteiger charge is 2.20. The van der Waals surface area contributed by atoms with Gasteiger partial charge in [0.05, 0.1) is 5.56 Å². The van der Waals surface area contributed by atoms with Crippen LogP contribution in [0.2, 0.25) is 0 Å². The summed E-state index contributed by atoms with van der Waals surface area (Å²) in [5.41, 5.74) is 2.34. The Balaban J connectivity index is 1.63. The van der Waals surface area contributed by atoms with Crippen molar-refractivity contribution in [3.8, 4) is 0 Å². The van der Waals surface area contributed by atoms with Crippen molar-refractivity contribution in [2.75, 3.05) is 6.54 Å². The third kappa shape index (κ3) is 4.27. The van der Waals surface area contributed by atoms with Gasteiger partial charge in [-0.1, -0.05) is 24.3 Å². The number of aromatic carboxylic acids is 1. The second-order valence-electron chi connectivity index (χ2n) is 6.31. The van der Waals surface area contributed by atoms with E-state index in [1.54, 1.807) is 35.2 Å². The van der Waals surface area contributed by atoms with Crippen LogP contribution in [0.5, 0.6) is 0 Å². The number of carboxylic acids is 1. The van der Waals surface area contributed by atoms with Crippen molar-refractivity contribution in [1.29, 1.82) is 0 Å². The topological polar surface area (TPSA) is 86.7 Å². The molecule has 2 aromatic rings. The number of hydrogen-bond acceptors (Lipinski definition) is 3. The number of likely N-dealkylation sites (tertiary alicyclic amines) is 1. The van der Waals surface area contributed by atoms with Gasteiger partial charge < -0.3 is 15.3 Å². The van der Waals surface area contributed by atoms with Crippen LogP contribution in [0.1, 0.15) is 44.7 Å². The highest BCUT2D eigenvalue weighted by molar-refractivity contribution is 5.94. The fourth-order valence-electron chi connectivity index (χ4n) is 3.00. The maximum absolute atomic E-state index is 12.4. The van der Waals surface area contributed by atoms with E-state index in [-0.39, 0.29) is 23.9 Å². The minimum atomic E-state index is -0.998. The summed E-state index contributed by atoms with van der Waals surface area (Å²) in [7, 11) is 0. The molecule has 1 aliphatic heterocycles. The molecule has 0 atom stereocenters. The summed E-state index contributed by atoms with van der Waals surface area (Å²) in [6.45, 7) is 1.52. The van der Waals surface area contributed by atoms with Crippen LogP contribution in [-0.2, 0) is 17.9 Å². The van der Waals surface area contributed by atoms with Gasteiger partial charge in [0.15, 0.2) is 0 Å². The molecule has 2 amide bonds. The van der Waals surface area contributed by atoms with Crippen LogP contribution >= 0.6 is 0 Å². The lowest BCUT2D eigenvalue weighted by atomic mass is 10.1. The van der Waals surface area contributed by atoms with Crippen molar-refractivity contribution in [1.82, 2.24) is 10.2 Å². The summed E-state index contributed by atoms with van der Waals surface area (Å²) < 4.78 is 0. The van der Waals surface area contributed by atoms with Crippen LogP contribution in [0.3, 0.4) is 0 Å². The number of carbonyl (C=O) groups is 3. The van der Waals surface area contributed by atoms with E-state index in [1.807, 2.05) is 6.07 Å². The van der Waals surface area contributed by atoms with Crippen molar-refractivity contribution in [3.05, 3.63) is 70.8 Å². The molecule has 2 aromatic carbocycles. The van der Waals surface area contributed by atoms with Crippen molar-refractivity contribution in [3.63, 3.8) is 0 Å². The molecule has 26 heavy (non-hydrogen) atoms. The molecule has 0 unspecified atom stereocenters. The van der Waals surface area contributed by atoms with Gasteiger partial charge in [-0.2, -0.15) is 0 Å². The molecule has 1 heterocycles. The van der Waals surface area contributed by atoms with E-state index in [1.165, 1.54) is 12.1 Å². The van der Waals surface area contributed by atoms with Crippen LogP contribution in [-0.4, -0.2) is 34.3 Å². The predicted octanol–water partition coefficient (Wildman–Crippen LogP) is 2.44. The largest absolute Gasteiger partial charge is 0.478 e. The molecule has 1 saturated heterocycles. The van der Waals surface area contributed by atoms with Crippen molar-refractivity contribution in [2.45, 2.75) is 25.9 Å². The zero-order valence-corrected chi connectivity index (χ0v) is 14.3. The Labute approximate surface area is 151 Å². The van der Waals surface area contributed by atoms with E-state index >= 15 is 0 Å². The molecule has 2 N–H and O–H groups in total. The van der Waals surface area contributed by atoms with Gasteiger partial charge in [-0.3, -0.25) is 9.59 Å². The molecule has 0 bridgehead atoms. The average Bonchev–Trinajstić information content (AvgIpc) is 3.05. The van der Waals surface area contributed by atoms with Gasteiger partial charge in [0, 0.05) is 31.6 Å². The molecule has 0 aliphatic carbocycles. The maximum atomic E-state index is 12.4. The third-order valence-corrected chi connectivity index (χ3v) is 4.36. The normalized spacial score (nSPS) is 13.7. The first kappa shape index (κ1) is 17.7. The fourth-order valence-corrected chi connectivity index (χ4v) is 3.00. The molecular weight excluding hydrogens is 332 g/mol. The van der Waals surface area contributed by atoms with E-state index < -0.39 is 5.97 Å². The van der Waals surface area contributed by atoms with E-state index in [9.17, 15) is 14.4 Å². The Morgan fingerprint density at radius 1 is 1.04 bits per heavy atom. The summed E-state index contributed by atoms with van der Waals surface area (Å²) in [6.07, 6.45) is 1.48. The van der Waals surface area contributed by atoms with E-state index in [4.69, 9.17) is 5.11 Å². The molecular formula is C20H20N2O4. The van der Waals surface area contributed by atoms with Crippen LogP contribution < -0.4 is 5.32 Å². The minimum absolute atomic E-state index is 0.151. The fraction of sp³-hybridized carbons (Fsp3) is 0.250. The standard InChI is InChI=1S/C20H20N2O4/c23-18-8-3-9-22(18)13-15-5-2-6-16(11-15)19(24)21-12-14-4-1-7-17(10-14)20(25)26/h1-2,4-7,10-11H,3,8-9,12-13H2,(H,21,24)(H,25,26). The summed E-state index contributed by atoms with van der Waals surface area (Å²) in [4.78, 5) is 36.9. The van der Waals surface area contributed by atoms with Crippen molar-refractivity contribution < 1.29 is 19.5 Å². The Morgan fingerprint density at radius 3 is 2.42 bits per heavy atom. The Bertz CT molecular complexity index is 847. The molecule has 6 heteroatoms. The van der Waals surface area contributed by atoms with Crippen LogP contribution in [0.15, 0.2) is 48.5 Å². The molecule has 0 spiro atoms. The summed E-state index contributed by atoms with van der Waals surface area (Å²) in [5.74, 6) is -1.08. The summed E-state index contributed by atoms with van der Waals surface area (Å²) >= 11 is 0. The zero-order valence-electron chi connectivity index (χ0n) is 14.3. The number of amides is 2. The van der Waals surface area contributed by atoms with Gasteiger partial charge in [0.1, 0.15) is 0 Å². The van der Waals surface area contributed by atoms with Gasteiger partial charge >= 0.3 is 5.97 Å². The van der Waals surface area contributed by atoms with E-state index in [0.717, 1.165) is 24.1 Å². The molecule has 6 nitrogen and oxygen atoms in total. The summed E-state index contributed by atoms with van der Waals surface area (Å²) in [6, 6.07) is 13.7. The average molecular weight is 352 g/mol. The van der Waals surface area contributed by atoms with Crippen LogP contribution in [0, 0.1) is 0 Å². The van der Waals surface area contributed by atoms with Crippen LogP contribution in [0.4, 0.5) is 0 Å². The van der Waals surface area contributed by atoms with Gasteiger partial charge in [0.2, 0.25) is 5.91 Å². The van der Waals surface area contributed by atoms with Gasteiger partial charge in [0.25, 0.3) is 5.91 Å². The lowest BCUT2D eigenvalue weighted by Crippen LogP contribution is -2.25. The summed E-state index contributed by atoms with van der Waals surface area (Å²) in [5, 5.41) is 11.8. The first-order valence-electron chi connectivity index (χ1n) is 8.50. The molecule has 1 fully saturated rings. The molecule has 0 radical (unpaired) electrons. The van der Waals surface area contributed by atoms with Gasteiger partial charge in [-0.15, -0.1) is 0 Å². The number of carboxylic acid groups (broad SMARTS) is 1. The lowest BCUT2D eigenvalue weighted by Gasteiger charge is -2.16. The number of rotatable bonds is 6. The van der Waals surface area contributed by atoms with Gasteiger partial charge in [-0.25, -0.2) is 4.79 Å². The number of carbonyl (C=O) groups excluding carboxylic acids is 2. The highest BCUT2D eigenvalue weighted by atomic mass is 16.4. The predicted molar refractivity (Wildman–Crippen MR) is 95.7 cm³/mol. The molecule has 134 valence electrons. The first-order valence-corrected chi connectivity index (χ1v) is 8.50. The van der Waals surface area contributed by atoms with E-state index in [0.29, 0.717) is 18.5 Å². The highest BCUT2D eigenvalue weighted by Crippen LogP contribution is 2.15. The quantitative estimate of drug-likeness (QED) is 0.836. The third-order valence-electron chi connectivity index (χ3n) is 4.36. The molecule has 3 rings (SSSR count). The SMILES string of the molecule is O=C(O)c1cccc(CNC(=O)c2cccc(CN3CCCC3=O)c2)c1. The number of nitrogens with one attached hydrogen (secondary N) is 1. The Hall–Kier alpha value is -3.15. The smallest absolute Gasteiger partial charge is 0.335 e. The zero-order chi connectivity index (χ0) is 18.5. The lowest BCUT2D eigenvalue weighted by molar-refractivity contribution is -0.128. The van der Waals surface area contributed by atoms with Crippen LogP contribution in [0.25, 0.3) is 0 Å². The number of benzene rings is 2. The monoisotopic (exact) mass is 352 g/mol. The van der Waals surface area contributed by atoms with Crippen molar-refractivity contribution in [2.24, 2.45) is 0 Å². The molecule has 0 saturated carbocycles. The Morgan fingerprint density at radius 2 is 1.73 bits per heavy atom. The Kier molecular flexibility index (Phi) is 5.31. The maximum Gasteiger partial charge on any atom is 0.335 e. The first-order chi connectivity index (χ1) is 12.5. The molecule has 1 aliphatic rings. The molecule has 0 aromatic heterocycles. The van der Waals surface area contributed by atoms with Gasteiger partial charge in [-0.05, 0) is 41.8 Å². The number of hydrogen-bond donors (Lipinski definition) is 2. The van der Waals surface area contributed by atoms with E-state index in [2.05, 4.69) is 5.32 Å². The number of nitrogens with zero attached hydrogens (tertiary/aromatic N) is 1. The second kappa shape index (κ2) is 7.82. The second-order valence-corrected chi connectivity index (χ2v) is 6.31. The van der Waals surface area contributed by atoms with Crippen molar-refractivity contribution >= 4 is 17.8 Å². The minimum Gasteiger partial charge on any atom is -0.478 e.